The van der Waals surface area contributed by atoms with Gasteiger partial charge in [0.1, 0.15) is 11.8 Å². The van der Waals surface area contributed by atoms with E-state index in [-0.39, 0.29) is 17.9 Å². The van der Waals surface area contributed by atoms with Gasteiger partial charge in [0.2, 0.25) is 5.91 Å². The molecule has 3 aliphatic rings. The molecule has 1 aromatic carbocycles. The lowest BCUT2D eigenvalue weighted by atomic mass is 9.87. The lowest BCUT2D eigenvalue weighted by Crippen LogP contribution is -3.03. The normalized spacial score (nSPS) is 27.8. The average molecular weight is 388 g/mol. The van der Waals surface area contributed by atoms with Crippen molar-refractivity contribution >= 4 is 17.5 Å². The van der Waals surface area contributed by atoms with Gasteiger partial charge >= 0.3 is 0 Å². The first-order chi connectivity index (χ1) is 13.6. The first-order valence-electron chi connectivity index (χ1n) is 10.5. The summed E-state index contributed by atoms with van der Waals surface area (Å²) in [5, 5.41) is 5.31. The molecule has 7 nitrogen and oxygen atoms in total. The van der Waals surface area contributed by atoms with Crippen molar-refractivity contribution in [2.75, 3.05) is 38.2 Å². The predicted molar refractivity (Wildman–Crippen MR) is 106 cm³/mol. The van der Waals surface area contributed by atoms with Gasteiger partial charge in [0.05, 0.1) is 19.6 Å². The number of nitrogens with one attached hydrogen (secondary N) is 1. The predicted octanol–water partition coefficient (Wildman–Crippen LogP) is 0.107. The van der Waals surface area contributed by atoms with E-state index >= 15 is 0 Å². The first-order valence-corrected chi connectivity index (χ1v) is 10.5. The number of piperazine rings is 2. The Hall–Kier alpha value is -2.28. The molecule has 152 valence electrons. The van der Waals surface area contributed by atoms with Gasteiger partial charge in [-0.15, -0.1) is 0 Å². The summed E-state index contributed by atoms with van der Waals surface area (Å²) in [5.74, 6) is 0.971. The van der Waals surface area contributed by atoms with E-state index in [0.29, 0.717) is 31.6 Å². The van der Waals surface area contributed by atoms with Crippen LogP contribution in [0.3, 0.4) is 0 Å². The van der Waals surface area contributed by atoms with Gasteiger partial charge < -0.3 is 25.2 Å². The molecule has 0 radical (unpaired) electrons. The smallest absolute Gasteiger partial charge is 0.279 e. The van der Waals surface area contributed by atoms with Crippen molar-refractivity contribution in [1.82, 2.24) is 10.2 Å². The Kier molecular flexibility index (Phi) is 5.71. The molecule has 2 amide bonds. The van der Waals surface area contributed by atoms with Crippen molar-refractivity contribution in [1.29, 1.82) is 0 Å². The lowest BCUT2D eigenvalue weighted by Gasteiger charge is -2.39. The van der Waals surface area contributed by atoms with Crippen LogP contribution in [-0.2, 0) is 9.59 Å². The van der Waals surface area contributed by atoms with E-state index in [1.54, 1.807) is 7.11 Å². The Morgan fingerprint density at radius 1 is 1.21 bits per heavy atom. The highest BCUT2D eigenvalue weighted by molar-refractivity contribution is 5.87. The van der Waals surface area contributed by atoms with Gasteiger partial charge in [-0.25, -0.2) is 0 Å². The molecule has 0 bridgehead atoms. The number of hydrogen-bond acceptors (Lipinski definition) is 4. The maximum Gasteiger partial charge on any atom is 0.279 e. The number of carbonyl (C=O) groups excluding carboxylic acids is 2. The van der Waals surface area contributed by atoms with Crippen LogP contribution in [0, 0.1) is 0 Å². The van der Waals surface area contributed by atoms with E-state index in [1.807, 2.05) is 23.1 Å². The Bertz CT molecular complexity index is 717. The molecule has 0 aromatic heterocycles. The SMILES string of the molecule is COc1cccc(N2CCN(C(=O)C[C@@H]3[NH2+][C@@H]4CCCC[C@@H]4NC3=O)CC2)c1. The zero-order chi connectivity index (χ0) is 19.5. The van der Waals surface area contributed by atoms with Gasteiger partial charge in [-0.3, -0.25) is 9.59 Å². The number of rotatable bonds is 4. The number of hydrogen-bond donors (Lipinski definition) is 2. The van der Waals surface area contributed by atoms with Crippen LogP contribution in [0.25, 0.3) is 0 Å². The number of fused-ring (bicyclic) bond motifs is 1. The molecule has 1 aliphatic carbocycles. The van der Waals surface area contributed by atoms with Gasteiger partial charge in [-0.05, 0) is 25.0 Å². The Morgan fingerprint density at radius 2 is 2.00 bits per heavy atom. The highest BCUT2D eigenvalue weighted by Gasteiger charge is 2.41. The molecule has 7 heteroatoms. The highest BCUT2D eigenvalue weighted by Crippen LogP contribution is 2.22. The highest BCUT2D eigenvalue weighted by atomic mass is 16.5. The Labute approximate surface area is 166 Å². The second-order valence-electron chi connectivity index (χ2n) is 8.14. The summed E-state index contributed by atoms with van der Waals surface area (Å²) in [5.41, 5.74) is 1.12. The molecular formula is C21H31N4O3+. The van der Waals surface area contributed by atoms with E-state index in [1.165, 1.54) is 12.8 Å². The molecule has 2 heterocycles. The second-order valence-corrected chi connectivity index (χ2v) is 8.14. The van der Waals surface area contributed by atoms with E-state index in [2.05, 4.69) is 21.6 Å². The minimum absolute atomic E-state index is 0.0338. The summed E-state index contributed by atoms with van der Waals surface area (Å²) >= 11 is 0. The number of amides is 2. The molecule has 4 rings (SSSR count). The van der Waals surface area contributed by atoms with Gasteiger partial charge in [0, 0.05) is 44.4 Å². The fourth-order valence-corrected chi connectivity index (χ4v) is 4.74. The number of nitrogens with two attached hydrogens (primary N) is 1. The fraction of sp³-hybridized carbons (Fsp3) is 0.619. The van der Waals surface area contributed by atoms with Crippen LogP contribution in [0.4, 0.5) is 5.69 Å². The number of benzene rings is 1. The molecule has 2 aliphatic heterocycles. The van der Waals surface area contributed by atoms with Crippen LogP contribution in [-0.4, -0.2) is 68.1 Å². The summed E-state index contributed by atoms with van der Waals surface area (Å²) in [6.45, 7) is 2.97. The number of carbonyl (C=O) groups is 2. The van der Waals surface area contributed by atoms with Crippen LogP contribution in [0.2, 0.25) is 0 Å². The maximum atomic E-state index is 12.8. The van der Waals surface area contributed by atoms with E-state index < -0.39 is 0 Å². The number of anilines is 1. The summed E-state index contributed by atoms with van der Waals surface area (Å²) in [6.07, 6.45) is 4.92. The summed E-state index contributed by atoms with van der Waals surface area (Å²) in [6, 6.07) is 8.48. The third-order valence-corrected chi connectivity index (χ3v) is 6.41. The molecule has 3 atom stereocenters. The zero-order valence-corrected chi connectivity index (χ0v) is 16.6. The molecule has 0 spiro atoms. The van der Waals surface area contributed by atoms with Crippen molar-refractivity contribution in [3.8, 4) is 5.75 Å². The molecule has 1 aromatic rings. The minimum atomic E-state index is -0.275. The summed E-state index contributed by atoms with van der Waals surface area (Å²) in [4.78, 5) is 29.4. The van der Waals surface area contributed by atoms with Crippen molar-refractivity contribution in [2.45, 2.75) is 50.2 Å². The van der Waals surface area contributed by atoms with Gasteiger partial charge in [-0.1, -0.05) is 12.5 Å². The van der Waals surface area contributed by atoms with Crippen LogP contribution in [0.15, 0.2) is 24.3 Å². The number of quaternary nitrogens is 1. The third-order valence-electron chi connectivity index (χ3n) is 6.41. The molecule has 3 N–H and O–H groups in total. The van der Waals surface area contributed by atoms with E-state index in [0.717, 1.165) is 37.4 Å². The van der Waals surface area contributed by atoms with Gasteiger partial charge in [-0.2, -0.15) is 0 Å². The fourth-order valence-electron chi connectivity index (χ4n) is 4.74. The van der Waals surface area contributed by atoms with Crippen LogP contribution in [0.1, 0.15) is 32.1 Å². The number of ether oxygens (including phenoxy) is 1. The van der Waals surface area contributed by atoms with E-state index in [4.69, 9.17) is 4.74 Å². The van der Waals surface area contributed by atoms with Crippen molar-refractivity contribution < 1.29 is 19.6 Å². The van der Waals surface area contributed by atoms with Crippen LogP contribution in [0.5, 0.6) is 5.75 Å². The van der Waals surface area contributed by atoms with Crippen LogP contribution >= 0.6 is 0 Å². The van der Waals surface area contributed by atoms with Crippen molar-refractivity contribution in [2.24, 2.45) is 0 Å². The zero-order valence-electron chi connectivity index (χ0n) is 16.6. The molecule has 1 saturated carbocycles. The monoisotopic (exact) mass is 387 g/mol. The quantitative estimate of drug-likeness (QED) is 0.769. The Morgan fingerprint density at radius 3 is 2.79 bits per heavy atom. The number of methoxy groups -OCH3 is 1. The lowest BCUT2D eigenvalue weighted by molar-refractivity contribution is -0.718. The van der Waals surface area contributed by atoms with Gasteiger partial charge in [0.15, 0.2) is 6.04 Å². The van der Waals surface area contributed by atoms with Crippen molar-refractivity contribution in [3.63, 3.8) is 0 Å². The second kappa shape index (κ2) is 8.39. The maximum absolute atomic E-state index is 12.8. The van der Waals surface area contributed by atoms with Gasteiger partial charge in [0.25, 0.3) is 5.91 Å². The molecule has 0 unspecified atom stereocenters. The molecule has 2 saturated heterocycles. The molecule has 3 fully saturated rings. The van der Waals surface area contributed by atoms with Crippen LogP contribution < -0.4 is 20.3 Å². The first kappa shape index (κ1) is 19.1. The topological polar surface area (TPSA) is 78.5 Å². The summed E-state index contributed by atoms with van der Waals surface area (Å²) in [7, 11) is 1.67. The van der Waals surface area contributed by atoms with E-state index in [9.17, 15) is 9.59 Å². The average Bonchev–Trinajstić information content (AvgIpc) is 2.74. The Balaban J connectivity index is 1.29. The summed E-state index contributed by atoms with van der Waals surface area (Å²) < 4.78 is 5.30. The largest absolute Gasteiger partial charge is 0.497 e. The minimum Gasteiger partial charge on any atom is -0.497 e. The standard InChI is InChI=1S/C21H30N4O3/c1-28-16-6-4-5-15(13-16)24-9-11-25(12-10-24)20(26)14-19-21(27)23-18-8-3-2-7-17(18)22-19/h4-6,13,17-19,22H,2-3,7-12,14H2,1H3,(H,23,27)/p+1/t17-,18+,19+/m1/s1. The molecular weight excluding hydrogens is 356 g/mol. The third kappa shape index (κ3) is 4.09. The number of nitrogens with zero attached hydrogens (tertiary/aromatic N) is 2. The van der Waals surface area contributed by atoms with Crippen molar-refractivity contribution in [3.05, 3.63) is 24.3 Å². The molecule has 28 heavy (non-hydrogen) atoms.